The average Bonchev–Trinajstić information content (AvgIpc) is 2.94. The van der Waals surface area contributed by atoms with Crippen LogP contribution >= 0.6 is 27.7 Å². The monoisotopic (exact) mass is 425 g/mol. The first-order chi connectivity index (χ1) is 12.0. The van der Waals surface area contributed by atoms with Gasteiger partial charge < -0.3 is 9.47 Å². The lowest BCUT2D eigenvalue weighted by Crippen LogP contribution is -2.19. The summed E-state index contributed by atoms with van der Waals surface area (Å²) in [6.45, 7) is 2.62. The Morgan fingerprint density at radius 3 is 2.96 bits per heavy atom. The molecular formula is C16H16BrN3O4S. The van der Waals surface area contributed by atoms with E-state index in [0.717, 1.165) is 34.3 Å². The van der Waals surface area contributed by atoms with Crippen molar-refractivity contribution in [3.05, 3.63) is 39.2 Å². The van der Waals surface area contributed by atoms with E-state index in [0.29, 0.717) is 12.4 Å². The predicted molar refractivity (Wildman–Crippen MR) is 101 cm³/mol. The fourth-order valence-corrected chi connectivity index (χ4v) is 2.82. The van der Waals surface area contributed by atoms with Crippen molar-refractivity contribution in [2.75, 3.05) is 13.7 Å². The Hall–Kier alpha value is -2.13. The number of benzene rings is 1. The van der Waals surface area contributed by atoms with Crippen molar-refractivity contribution in [1.82, 2.24) is 5.32 Å². The normalized spacial score (nSPS) is 17.3. The minimum absolute atomic E-state index is 0.205. The Kier molecular flexibility index (Phi) is 7.20. The highest BCUT2D eigenvalue weighted by Crippen LogP contribution is 2.24. The van der Waals surface area contributed by atoms with Gasteiger partial charge in [0.15, 0.2) is 5.17 Å². The summed E-state index contributed by atoms with van der Waals surface area (Å²) in [7, 11) is 1.24. The highest BCUT2D eigenvalue weighted by atomic mass is 79.9. The molecule has 0 aromatic heterocycles. The SMILES string of the molecule is CCCOc1cc(Br)ccc1C=N/N=C1/NC(=O)/C(=C\C(=O)OC)S1. The zero-order valence-electron chi connectivity index (χ0n) is 13.6. The first kappa shape index (κ1) is 19.2. The summed E-state index contributed by atoms with van der Waals surface area (Å²) in [5, 5.41) is 10.7. The maximum Gasteiger partial charge on any atom is 0.331 e. The van der Waals surface area contributed by atoms with E-state index < -0.39 is 11.9 Å². The fraction of sp³-hybridized carbons (Fsp3) is 0.250. The summed E-state index contributed by atoms with van der Waals surface area (Å²) in [6.07, 6.45) is 3.54. The van der Waals surface area contributed by atoms with E-state index >= 15 is 0 Å². The molecule has 7 nitrogen and oxygen atoms in total. The summed E-state index contributed by atoms with van der Waals surface area (Å²) in [5.41, 5.74) is 0.764. The van der Waals surface area contributed by atoms with Crippen molar-refractivity contribution >= 4 is 51.0 Å². The first-order valence-corrected chi connectivity index (χ1v) is 8.96. The van der Waals surface area contributed by atoms with E-state index in [4.69, 9.17) is 4.74 Å². The van der Waals surface area contributed by atoms with Crippen LogP contribution < -0.4 is 10.1 Å². The minimum atomic E-state index is -0.602. The molecular weight excluding hydrogens is 410 g/mol. The van der Waals surface area contributed by atoms with Gasteiger partial charge in [-0.15, -0.1) is 5.10 Å². The summed E-state index contributed by atoms with van der Waals surface area (Å²) in [6, 6.07) is 5.58. The number of hydrogen-bond acceptors (Lipinski definition) is 7. The molecule has 132 valence electrons. The predicted octanol–water partition coefficient (Wildman–Crippen LogP) is 2.85. The maximum atomic E-state index is 11.7. The third-order valence-electron chi connectivity index (χ3n) is 2.88. The Bertz CT molecular complexity index is 762. The number of nitrogens with zero attached hydrogens (tertiary/aromatic N) is 2. The molecule has 1 fully saturated rings. The summed E-state index contributed by atoms with van der Waals surface area (Å²) in [5.74, 6) is -0.329. The lowest BCUT2D eigenvalue weighted by atomic mass is 10.2. The van der Waals surface area contributed by atoms with Crippen LogP contribution in [0.1, 0.15) is 18.9 Å². The Morgan fingerprint density at radius 2 is 2.24 bits per heavy atom. The molecule has 1 amide bonds. The van der Waals surface area contributed by atoms with E-state index in [9.17, 15) is 9.59 Å². The fourth-order valence-electron chi connectivity index (χ4n) is 1.74. The molecule has 1 aliphatic heterocycles. The summed E-state index contributed by atoms with van der Waals surface area (Å²) < 4.78 is 11.1. The van der Waals surface area contributed by atoms with Crippen molar-refractivity contribution in [3.63, 3.8) is 0 Å². The number of carbonyl (C=O) groups is 2. The Balaban J connectivity index is 2.10. The van der Waals surface area contributed by atoms with Crippen molar-refractivity contribution < 1.29 is 19.1 Å². The quantitative estimate of drug-likeness (QED) is 0.327. The lowest BCUT2D eigenvalue weighted by molar-refractivity contribution is -0.135. The Morgan fingerprint density at radius 1 is 1.44 bits per heavy atom. The van der Waals surface area contributed by atoms with Gasteiger partial charge in [0, 0.05) is 16.1 Å². The van der Waals surface area contributed by atoms with E-state index in [1.54, 1.807) is 6.21 Å². The second kappa shape index (κ2) is 9.38. The van der Waals surface area contributed by atoms with Gasteiger partial charge in [0.1, 0.15) is 5.75 Å². The smallest absolute Gasteiger partial charge is 0.331 e. The van der Waals surface area contributed by atoms with E-state index in [1.807, 2.05) is 25.1 Å². The van der Waals surface area contributed by atoms with Crippen LogP contribution in [0.25, 0.3) is 0 Å². The van der Waals surface area contributed by atoms with Gasteiger partial charge in [0.05, 0.1) is 24.8 Å². The van der Waals surface area contributed by atoms with Crippen LogP contribution in [0.3, 0.4) is 0 Å². The van der Waals surface area contributed by atoms with Crippen molar-refractivity contribution in [1.29, 1.82) is 0 Å². The molecule has 1 N–H and O–H groups in total. The van der Waals surface area contributed by atoms with Gasteiger partial charge in [-0.1, -0.05) is 22.9 Å². The minimum Gasteiger partial charge on any atom is -0.493 e. The molecule has 0 saturated carbocycles. The average molecular weight is 426 g/mol. The van der Waals surface area contributed by atoms with Gasteiger partial charge in [0.25, 0.3) is 5.91 Å². The van der Waals surface area contributed by atoms with Crippen molar-refractivity contribution in [2.24, 2.45) is 10.2 Å². The zero-order valence-corrected chi connectivity index (χ0v) is 16.0. The Labute approximate surface area is 157 Å². The third kappa shape index (κ3) is 5.71. The number of amides is 1. The molecule has 1 aliphatic rings. The zero-order chi connectivity index (χ0) is 18.2. The first-order valence-electron chi connectivity index (χ1n) is 7.35. The molecule has 0 unspecified atom stereocenters. The number of halogens is 1. The number of amidine groups is 1. The van der Waals surface area contributed by atoms with E-state index in [2.05, 4.69) is 36.2 Å². The number of ether oxygens (including phenoxy) is 2. The molecule has 2 rings (SSSR count). The second-order valence-electron chi connectivity index (χ2n) is 4.77. The van der Waals surface area contributed by atoms with Gasteiger partial charge in [-0.25, -0.2) is 4.79 Å². The molecule has 0 bridgehead atoms. The molecule has 1 heterocycles. The van der Waals surface area contributed by atoms with Crippen molar-refractivity contribution in [3.8, 4) is 5.75 Å². The number of methoxy groups -OCH3 is 1. The van der Waals surface area contributed by atoms with Gasteiger partial charge >= 0.3 is 5.97 Å². The highest BCUT2D eigenvalue weighted by Gasteiger charge is 2.24. The van der Waals surface area contributed by atoms with Crippen LogP contribution in [0.4, 0.5) is 0 Å². The largest absolute Gasteiger partial charge is 0.493 e. The van der Waals surface area contributed by atoms with Crippen LogP contribution in [-0.4, -0.2) is 37.0 Å². The van der Waals surface area contributed by atoms with Crippen LogP contribution in [0.2, 0.25) is 0 Å². The standard InChI is InChI=1S/C16H16BrN3O4S/c1-3-6-24-12-7-11(17)5-4-10(12)9-18-20-16-19-15(22)13(25-16)8-14(21)23-2/h4-5,7-9H,3,6H2,1-2H3,(H,19,20,22)/b13-8+,18-9?. The van der Waals surface area contributed by atoms with Crippen LogP contribution in [0.5, 0.6) is 5.75 Å². The number of carbonyl (C=O) groups excluding carboxylic acids is 2. The maximum absolute atomic E-state index is 11.7. The van der Waals surface area contributed by atoms with Gasteiger partial charge in [0.2, 0.25) is 0 Å². The molecule has 0 atom stereocenters. The molecule has 9 heteroatoms. The summed E-state index contributed by atoms with van der Waals surface area (Å²) >= 11 is 4.42. The highest BCUT2D eigenvalue weighted by molar-refractivity contribution is 9.10. The molecule has 25 heavy (non-hydrogen) atoms. The summed E-state index contributed by atoms with van der Waals surface area (Å²) in [4.78, 5) is 23.1. The topological polar surface area (TPSA) is 89.4 Å². The molecule has 0 radical (unpaired) electrons. The van der Waals surface area contributed by atoms with Crippen molar-refractivity contribution in [2.45, 2.75) is 13.3 Å². The number of thioether (sulfide) groups is 1. The molecule has 1 saturated heterocycles. The number of rotatable bonds is 6. The van der Waals surface area contributed by atoms with Gasteiger partial charge in [-0.05, 0) is 36.4 Å². The van der Waals surface area contributed by atoms with Gasteiger partial charge in [-0.3, -0.25) is 10.1 Å². The molecule has 1 aromatic carbocycles. The van der Waals surface area contributed by atoms with Crippen LogP contribution in [-0.2, 0) is 14.3 Å². The third-order valence-corrected chi connectivity index (χ3v) is 4.28. The molecule has 0 spiro atoms. The van der Waals surface area contributed by atoms with Crippen LogP contribution in [0.15, 0.2) is 43.9 Å². The van der Waals surface area contributed by atoms with Gasteiger partial charge in [-0.2, -0.15) is 5.10 Å². The number of esters is 1. The number of nitrogens with one attached hydrogen (secondary N) is 1. The molecule has 1 aromatic rings. The van der Waals surface area contributed by atoms with E-state index in [1.165, 1.54) is 7.11 Å². The molecule has 0 aliphatic carbocycles. The van der Waals surface area contributed by atoms with Crippen LogP contribution in [0, 0.1) is 0 Å². The van der Waals surface area contributed by atoms with E-state index in [-0.39, 0.29) is 10.1 Å². The number of hydrogen-bond donors (Lipinski definition) is 1. The second-order valence-corrected chi connectivity index (χ2v) is 6.71. The lowest BCUT2D eigenvalue weighted by Gasteiger charge is -2.07.